The van der Waals surface area contributed by atoms with E-state index >= 15 is 0 Å². The first-order chi connectivity index (χ1) is 23.0. The number of halogens is 1. The van der Waals surface area contributed by atoms with Gasteiger partial charge in [0.2, 0.25) is 11.8 Å². The van der Waals surface area contributed by atoms with Crippen LogP contribution in [0.3, 0.4) is 0 Å². The van der Waals surface area contributed by atoms with Crippen molar-refractivity contribution < 1.29 is 38.4 Å². The third kappa shape index (κ3) is 12.1. The highest BCUT2D eigenvalue weighted by Crippen LogP contribution is 2.34. The number of hydrogen-bond acceptors (Lipinski definition) is 8. The zero-order valence-corrected chi connectivity index (χ0v) is 30.0. The van der Waals surface area contributed by atoms with Crippen LogP contribution in [-0.4, -0.2) is 97.3 Å². The molecule has 2 amide bonds. The quantitative estimate of drug-likeness (QED) is 0.151. The monoisotopic (exact) mass is 683 g/mol. The average molecular weight is 684 g/mol. The van der Waals surface area contributed by atoms with Gasteiger partial charge in [0.05, 0.1) is 37.6 Å². The number of rotatable bonds is 16. The van der Waals surface area contributed by atoms with E-state index in [0.29, 0.717) is 76.4 Å². The van der Waals surface area contributed by atoms with Crippen molar-refractivity contribution in [3.8, 4) is 0 Å². The number of hydrogen-bond donors (Lipinski definition) is 5. The normalized spacial score (nSPS) is 34.2. The molecule has 4 aliphatic rings. The molecule has 11 heteroatoms. The predicted octanol–water partition coefficient (Wildman–Crippen LogP) is 4.40. The molecule has 4 saturated carbocycles. The molecular formula is C37H66FN3O7. The van der Waals surface area contributed by atoms with Crippen molar-refractivity contribution in [1.82, 2.24) is 16.0 Å². The molecular weight excluding hydrogens is 617 g/mol. The first-order valence-electron chi connectivity index (χ1n) is 19.2. The molecule has 0 aromatic carbocycles. The molecule has 4 aliphatic carbocycles. The van der Waals surface area contributed by atoms with E-state index in [0.717, 1.165) is 19.3 Å². The topological polar surface area (TPSA) is 138 Å². The molecule has 5 N–H and O–H groups in total. The first-order valence-corrected chi connectivity index (χ1v) is 19.2. The molecule has 10 atom stereocenters. The summed E-state index contributed by atoms with van der Waals surface area (Å²) >= 11 is 0. The van der Waals surface area contributed by atoms with Gasteiger partial charge in [-0.1, -0.05) is 47.0 Å². The molecule has 4 fully saturated rings. The van der Waals surface area contributed by atoms with Crippen LogP contribution in [0.4, 0.5) is 4.39 Å². The van der Waals surface area contributed by atoms with Crippen LogP contribution in [0.15, 0.2) is 0 Å². The van der Waals surface area contributed by atoms with Gasteiger partial charge in [-0.3, -0.25) is 14.9 Å². The van der Waals surface area contributed by atoms with Crippen LogP contribution in [-0.2, 0) is 23.8 Å². The standard InChI is InChI=1S/C37H66FN3O7/c1-23(2)21-47-33-19-26(35(43)39-28-8-6-5-7-9-28)11-14-30(33)41-37(45)27-12-15-31(34(20-27)48-22-24(3)4)40-36(44)25-10-13-29(38)32(18-25)46-17-16-42/h23-34,36,40,42,44H,5-22H2,1-4H3,(H,39,43)(H,41,45). The summed E-state index contributed by atoms with van der Waals surface area (Å²) in [7, 11) is 0. The van der Waals surface area contributed by atoms with Crippen LogP contribution in [0.2, 0.25) is 0 Å². The largest absolute Gasteiger partial charge is 0.394 e. The number of carbonyl (C=O) groups is 2. The van der Waals surface area contributed by atoms with Gasteiger partial charge in [-0.15, -0.1) is 0 Å². The molecule has 10 unspecified atom stereocenters. The maximum absolute atomic E-state index is 14.4. The summed E-state index contributed by atoms with van der Waals surface area (Å²) in [5.41, 5.74) is 0. The molecule has 0 spiro atoms. The highest BCUT2D eigenvalue weighted by molar-refractivity contribution is 5.80. The van der Waals surface area contributed by atoms with Gasteiger partial charge in [0.25, 0.3) is 0 Å². The summed E-state index contributed by atoms with van der Waals surface area (Å²) < 4.78 is 32.7. The van der Waals surface area contributed by atoms with Crippen molar-refractivity contribution in [1.29, 1.82) is 0 Å². The Bertz CT molecular complexity index is 967. The van der Waals surface area contributed by atoms with Crippen LogP contribution < -0.4 is 16.0 Å². The summed E-state index contributed by atoms with van der Waals surface area (Å²) in [5, 5.41) is 30.3. The third-order valence-corrected chi connectivity index (χ3v) is 10.9. The summed E-state index contributed by atoms with van der Waals surface area (Å²) in [4.78, 5) is 27.0. The highest BCUT2D eigenvalue weighted by Gasteiger charge is 2.41. The predicted molar refractivity (Wildman–Crippen MR) is 183 cm³/mol. The number of carbonyl (C=O) groups excluding carboxylic acids is 2. The maximum Gasteiger partial charge on any atom is 0.223 e. The number of aliphatic hydroxyl groups is 2. The van der Waals surface area contributed by atoms with E-state index in [1.807, 2.05) is 0 Å². The van der Waals surface area contributed by atoms with Gasteiger partial charge in [-0.05, 0) is 82.5 Å². The van der Waals surface area contributed by atoms with Gasteiger partial charge in [-0.2, -0.15) is 0 Å². The van der Waals surface area contributed by atoms with Crippen LogP contribution in [0.25, 0.3) is 0 Å². The second-order valence-electron chi connectivity index (χ2n) is 15.9. The van der Waals surface area contributed by atoms with Crippen LogP contribution >= 0.6 is 0 Å². The van der Waals surface area contributed by atoms with E-state index in [2.05, 4.69) is 43.6 Å². The Hall–Kier alpha value is -1.37. The fourth-order valence-corrected chi connectivity index (χ4v) is 8.10. The van der Waals surface area contributed by atoms with Crippen molar-refractivity contribution in [2.75, 3.05) is 26.4 Å². The second-order valence-corrected chi connectivity index (χ2v) is 15.9. The Morgan fingerprint density at radius 3 is 1.90 bits per heavy atom. The molecule has 0 radical (unpaired) electrons. The minimum atomic E-state index is -1.10. The Morgan fingerprint density at radius 2 is 1.29 bits per heavy atom. The first kappa shape index (κ1) is 39.4. The third-order valence-electron chi connectivity index (χ3n) is 10.9. The lowest BCUT2D eigenvalue weighted by Gasteiger charge is -2.41. The van der Waals surface area contributed by atoms with Crippen LogP contribution in [0.1, 0.15) is 118 Å². The molecule has 0 heterocycles. The molecule has 4 rings (SSSR count). The van der Waals surface area contributed by atoms with E-state index in [1.165, 1.54) is 19.3 Å². The maximum atomic E-state index is 14.4. The van der Waals surface area contributed by atoms with Crippen LogP contribution in [0.5, 0.6) is 0 Å². The van der Waals surface area contributed by atoms with E-state index in [4.69, 9.17) is 19.3 Å². The Labute approximate surface area is 288 Å². The van der Waals surface area contributed by atoms with Crippen molar-refractivity contribution in [3.05, 3.63) is 0 Å². The smallest absolute Gasteiger partial charge is 0.223 e. The highest BCUT2D eigenvalue weighted by atomic mass is 19.1. The van der Waals surface area contributed by atoms with Gasteiger partial charge >= 0.3 is 0 Å². The number of ether oxygens (including phenoxy) is 3. The lowest BCUT2D eigenvalue weighted by molar-refractivity contribution is -0.134. The van der Waals surface area contributed by atoms with Gasteiger partial charge in [0.15, 0.2) is 0 Å². The Balaban J connectivity index is 1.33. The average Bonchev–Trinajstić information content (AvgIpc) is 3.07. The Morgan fingerprint density at radius 1 is 0.708 bits per heavy atom. The van der Waals surface area contributed by atoms with Crippen molar-refractivity contribution in [2.24, 2.45) is 29.6 Å². The number of nitrogens with one attached hydrogen (secondary N) is 3. The summed E-state index contributed by atoms with van der Waals surface area (Å²) in [6.45, 7) is 9.46. The molecule has 0 aromatic heterocycles. The van der Waals surface area contributed by atoms with Gasteiger partial charge in [0, 0.05) is 43.1 Å². The molecule has 278 valence electrons. The van der Waals surface area contributed by atoms with Crippen LogP contribution in [0, 0.1) is 29.6 Å². The zero-order chi connectivity index (χ0) is 34.6. The fraction of sp³-hybridized carbons (Fsp3) is 0.946. The minimum absolute atomic E-state index is 0.00513. The summed E-state index contributed by atoms with van der Waals surface area (Å²) in [6.07, 6.45) is 7.85. The van der Waals surface area contributed by atoms with Crippen molar-refractivity contribution in [2.45, 2.75) is 166 Å². The molecule has 0 aromatic rings. The minimum Gasteiger partial charge on any atom is -0.394 e. The van der Waals surface area contributed by atoms with Gasteiger partial charge < -0.3 is 35.1 Å². The van der Waals surface area contributed by atoms with E-state index < -0.39 is 18.5 Å². The SMILES string of the molecule is CC(C)COC1CC(C(=O)NC2CCCCC2)CCC1NC(=O)C1CCC(NC(O)C2CCC(F)C(OCCO)C2)C(OCC(C)C)C1. The van der Waals surface area contributed by atoms with Gasteiger partial charge in [0.1, 0.15) is 12.4 Å². The zero-order valence-electron chi connectivity index (χ0n) is 30.0. The number of aliphatic hydroxyl groups excluding tert-OH is 2. The lowest BCUT2D eigenvalue weighted by atomic mass is 9.80. The fourth-order valence-electron chi connectivity index (χ4n) is 8.10. The summed E-state index contributed by atoms with van der Waals surface area (Å²) in [5.74, 6) is 0.304. The summed E-state index contributed by atoms with van der Waals surface area (Å²) in [6, 6.07) is 0.000489. The molecule has 0 aliphatic heterocycles. The second kappa shape index (κ2) is 19.9. The van der Waals surface area contributed by atoms with E-state index in [1.54, 1.807) is 0 Å². The van der Waals surface area contributed by atoms with E-state index in [9.17, 15) is 19.1 Å². The Kier molecular flexibility index (Phi) is 16.3. The molecule has 48 heavy (non-hydrogen) atoms. The van der Waals surface area contributed by atoms with E-state index in [-0.39, 0.29) is 73.1 Å². The molecule has 0 saturated heterocycles. The number of amides is 2. The molecule has 10 nitrogen and oxygen atoms in total. The van der Waals surface area contributed by atoms with Crippen molar-refractivity contribution >= 4 is 11.8 Å². The number of alkyl halides is 1. The van der Waals surface area contributed by atoms with Crippen molar-refractivity contribution in [3.63, 3.8) is 0 Å². The molecule has 0 bridgehead atoms. The van der Waals surface area contributed by atoms with Gasteiger partial charge in [-0.25, -0.2) is 4.39 Å². The lowest BCUT2D eigenvalue weighted by Crippen LogP contribution is -2.56.